The first kappa shape index (κ1) is 14.6. The van der Waals surface area contributed by atoms with Crippen molar-refractivity contribution in [3.63, 3.8) is 0 Å². The number of rotatable bonds is 6. The van der Waals surface area contributed by atoms with E-state index < -0.39 is 0 Å². The third-order valence-corrected chi connectivity index (χ3v) is 3.02. The lowest BCUT2D eigenvalue weighted by Crippen LogP contribution is -2.30. The zero-order valence-electron chi connectivity index (χ0n) is 11.6. The summed E-state index contributed by atoms with van der Waals surface area (Å²) < 4.78 is 0. The monoisotopic (exact) mass is 248 g/mol. The summed E-state index contributed by atoms with van der Waals surface area (Å²) in [5.74, 6) is 0.812. The summed E-state index contributed by atoms with van der Waals surface area (Å²) in [6.07, 6.45) is 1.59. The largest absolute Gasteiger partial charge is 0.399 e. The van der Waals surface area contributed by atoms with Gasteiger partial charge in [0.05, 0.1) is 0 Å². The first-order valence-electron chi connectivity index (χ1n) is 6.65. The summed E-state index contributed by atoms with van der Waals surface area (Å²) in [6.45, 7) is 7.73. The number of benzene rings is 1. The predicted molar refractivity (Wildman–Crippen MR) is 76.0 cm³/mol. The van der Waals surface area contributed by atoms with Gasteiger partial charge in [-0.3, -0.25) is 4.79 Å². The van der Waals surface area contributed by atoms with E-state index in [1.807, 2.05) is 36.1 Å². The van der Waals surface area contributed by atoms with E-state index >= 15 is 0 Å². The minimum atomic E-state index is 0.239. The lowest BCUT2D eigenvalue weighted by Gasteiger charge is -2.21. The second kappa shape index (κ2) is 7.04. The number of nitrogens with two attached hydrogens (primary N) is 1. The summed E-state index contributed by atoms with van der Waals surface area (Å²) in [7, 11) is 0. The summed E-state index contributed by atoms with van der Waals surface area (Å²) in [6, 6.07) is 7.71. The van der Waals surface area contributed by atoms with Crippen LogP contribution in [0.3, 0.4) is 0 Å². The van der Waals surface area contributed by atoms with Crippen molar-refractivity contribution >= 4 is 11.6 Å². The van der Waals surface area contributed by atoms with Crippen molar-refractivity contribution in [2.24, 2.45) is 5.92 Å². The molecule has 3 heteroatoms. The number of anilines is 1. The van der Waals surface area contributed by atoms with E-state index in [4.69, 9.17) is 5.73 Å². The molecule has 1 rings (SSSR count). The molecule has 100 valence electrons. The minimum Gasteiger partial charge on any atom is -0.399 e. The number of nitrogens with zero attached hydrogens (tertiary/aromatic N) is 1. The third-order valence-electron chi connectivity index (χ3n) is 3.02. The van der Waals surface area contributed by atoms with Crippen LogP contribution in [0, 0.1) is 5.92 Å². The normalized spacial score (nSPS) is 10.7. The van der Waals surface area contributed by atoms with Gasteiger partial charge in [-0.25, -0.2) is 0 Å². The van der Waals surface area contributed by atoms with E-state index in [2.05, 4.69) is 13.8 Å². The Morgan fingerprint density at radius 1 is 1.28 bits per heavy atom. The van der Waals surface area contributed by atoms with Crippen molar-refractivity contribution in [3.05, 3.63) is 29.8 Å². The zero-order valence-corrected chi connectivity index (χ0v) is 11.6. The van der Waals surface area contributed by atoms with Crippen molar-refractivity contribution in [3.8, 4) is 0 Å². The van der Waals surface area contributed by atoms with E-state index in [1.54, 1.807) is 0 Å². The van der Waals surface area contributed by atoms with Crippen molar-refractivity contribution in [2.75, 3.05) is 12.3 Å². The van der Waals surface area contributed by atoms with Gasteiger partial charge < -0.3 is 10.6 Å². The molecule has 1 aromatic carbocycles. The number of hydrogen-bond acceptors (Lipinski definition) is 2. The van der Waals surface area contributed by atoms with Gasteiger partial charge in [0.15, 0.2) is 0 Å². The molecule has 3 nitrogen and oxygen atoms in total. The average Bonchev–Trinajstić information content (AvgIpc) is 2.35. The van der Waals surface area contributed by atoms with Crippen LogP contribution >= 0.6 is 0 Å². The summed E-state index contributed by atoms with van der Waals surface area (Å²) in [4.78, 5) is 13.9. The van der Waals surface area contributed by atoms with E-state index in [1.165, 1.54) is 0 Å². The molecule has 0 unspecified atom stereocenters. The second-order valence-electron chi connectivity index (χ2n) is 5.08. The van der Waals surface area contributed by atoms with Crippen molar-refractivity contribution in [1.82, 2.24) is 4.90 Å². The highest BCUT2D eigenvalue weighted by Gasteiger charge is 2.12. The van der Waals surface area contributed by atoms with Crippen molar-refractivity contribution in [1.29, 1.82) is 0 Å². The van der Waals surface area contributed by atoms with Crippen LogP contribution in [-0.4, -0.2) is 17.4 Å². The molecule has 0 saturated carbocycles. The van der Waals surface area contributed by atoms with Crippen molar-refractivity contribution < 1.29 is 4.79 Å². The quantitative estimate of drug-likeness (QED) is 0.786. The van der Waals surface area contributed by atoms with Crippen LogP contribution < -0.4 is 5.73 Å². The molecule has 2 N–H and O–H groups in total. The smallest absolute Gasteiger partial charge is 0.222 e. The summed E-state index contributed by atoms with van der Waals surface area (Å²) in [5.41, 5.74) is 7.54. The van der Waals surface area contributed by atoms with Crippen LogP contribution in [0.1, 0.15) is 39.2 Å². The highest BCUT2D eigenvalue weighted by Crippen LogP contribution is 2.11. The molecule has 0 atom stereocenters. The molecule has 0 spiro atoms. The number of carbonyl (C=O) groups is 1. The van der Waals surface area contributed by atoms with Crippen LogP contribution in [0.4, 0.5) is 5.69 Å². The maximum atomic E-state index is 12.1. The fraction of sp³-hybridized carbons (Fsp3) is 0.533. The van der Waals surface area contributed by atoms with Gasteiger partial charge in [0.25, 0.3) is 0 Å². The molecule has 0 aliphatic rings. The van der Waals surface area contributed by atoms with Gasteiger partial charge in [0, 0.05) is 25.2 Å². The first-order valence-corrected chi connectivity index (χ1v) is 6.65. The molecule has 1 aromatic rings. The molecule has 0 radical (unpaired) electrons. The molecular formula is C15H24N2O. The van der Waals surface area contributed by atoms with E-state index in [-0.39, 0.29) is 5.91 Å². The molecule has 0 fully saturated rings. The Hall–Kier alpha value is -1.51. The highest BCUT2D eigenvalue weighted by molar-refractivity contribution is 5.76. The van der Waals surface area contributed by atoms with Crippen LogP contribution in [0.2, 0.25) is 0 Å². The van der Waals surface area contributed by atoms with Gasteiger partial charge in [0.1, 0.15) is 0 Å². The molecule has 1 amide bonds. The first-order chi connectivity index (χ1) is 8.52. The number of hydrogen-bond donors (Lipinski definition) is 1. The highest BCUT2D eigenvalue weighted by atomic mass is 16.2. The topological polar surface area (TPSA) is 46.3 Å². The van der Waals surface area contributed by atoms with E-state index in [0.717, 1.165) is 24.2 Å². The lowest BCUT2D eigenvalue weighted by molar-refractivity contribution is -0.131. The van der Waals surface area contributed by atoms with Crippen LogP contribution in [0.25, 0.3) is 0 Å². The van der Waals surface area contributed by atoms with Gasteiger partial charge in [-0.2, -0.15) is 0 Å². The van der Waals surface area contributed by atoms with Gasteiger partial charge >= 0.3 is 0 Å². The molecule has 18 heavy (non-hydrogen) atoms. The molecule has 0 aliphatic heterocycles. The molecule has 0 saturated heterocycles. The van der Waals surface area contributed by atoms with Crippen LogP contribution in [0.5, 0.6) is 0 Å². The average molecular weight is 248 g/mol. The van der Waals surface area contributed by atoms with E-state index in [9.17, 15) is 4.79 Å². The number of nitrogen functional groups attached to an aromatic ring is 1. The van der Waals surface area contributed by atoms with Crippen LogP contribution in [-0.2, 0) is 11.3 Å². The van der Waals surface area contributed by atoms with Crippen molar-refractivity contribution in [2.45, 2.75) is 40.2 Å². The van der Waals surface area contributed by atoms with Gasteiger partial charge in [0.2, 0.25) is 5.91 Å². The zero-order chi connectivity index (χ0) is 13.5. The standard InChI is InChI=1S/C15H24N2O/c1-4-17(15(18)10-5-12(2)3)11-13-6-8-14(16)9-7-13/h6-9,12H,4-5,10-11,16H2,1-3H3. The second-order valence-corrected chi connectivity index (χ2v) is 5.08. The lowest BCUT2D eigenvalue weighted by atomic mass is 10.1. The fourth-order valence-electron chi connectivity index (χ4n) is 1.79. The number of amides is 1. The minimum absolute atomic E-state index is 0.239. The third kappa shape index (κ3) is 4.78. The van der Waals surface area contributed by atoms with Gasteiger partial charge in [-0.05, 0) is 37.0 Å². The number of carbonyl (C=O) groups excluding carboxylic acids is 1. The molecule has 0 aromatic heterocycles. The Morgan fingerprint density at radius 3 is 2.39 bits per heavy atom. The van der Waals surface area contributed by atoms with Gasteiger partial charge in [-0.15, -0.1) is 0 Å². The predicted octanol–water partition coefficient (Wildman–Crippen LogP) is 3.05. The Kier molecular flexibility index (Phi) is 5.69. The SMILES string of the molecule is CCN(Cc1ccc(N)cc1)C(=O)CCC(C)C. The van der Waals surface area contributed by atoms with Gasteiger partial charge in [-0.1, -0.05) is 26.0 Å². The maximum Gasteiger partial charge on any atom is 0.222 e. The molecular weight excluding hydrogens is 224 g/mol. The Morgan fingerprint density at radius 2 is 1.89 bits per heavy atom. The summed E-state index contributed by atoms with van der Waals surface area (Å²) in [5, 5.41) is 0. The molecule has 0 aliphatic carbocycles. The van der Waals surface area contributed by atoms with E-state index in [0.29, 0.717) is 18.9 Å². The fourth-order valence-corrected chi connectivity index (χ4v) is 1.79. The Labute approximate surface area is 110 Å². The summed E-state index contributed by atoms with van der Waals surface area (Å²) >= 11 is 0. The Balaban J connectivity index is 2.55. The maximum absolute atomic E-state index is 12.1. The molecule has 0 heterocycles. The van der Waals surface area contributed by atoms with Crippen LogP contribution in [0.15, 0.2) is 24.3 Å². The molecule has 0 bridgehead atoms. The Bertz CT molecular complexity index is 371.